The van der Waals surface area contributed by atoms with E-state index < -0.39 is 0 Å². The molecular formula is C44H27NOS. The Labute approximate surface area is 275 Å². The van der Waals surface area contributed by atoms with Crippen molar-refractivity contribution in [3.05, 3.63) is 164 Å². The first kappa shape index (κ1) is 26.3. The molecule has 0 unspecified atom stereocenters. The van der Waals surface area contributed by atoms with Crippen LogP contribution in [0.5, 0.6) is 0 Å². The molecule has 0 atom stereocenters. The molecule has 8 aromatic carbocycles. The number of fused-ring (bicyclic) bond motifs is 9. The number of anilines is 3. The average Bonchev–Trinajstić information content (AvgIpc) is 3.70. The van der Waals surface area contributed by atoms with E-state index in [1.165, 1.54) is 41.7 Å². The van der Waals surface area contributed by atoms with Gasteiger partial charge in [0.1, 0.15) is 11.2 Å². The summed E-state index contributed by atoms with van der Waals surface area (Å²) in [6.45, 7) is 0. The molecule has 0 aliphatic carbocycles. The fourth-order valence-corrected chi connectivity index (χ4v) is 8.29. The summed E-state index contributed by atoms with van der Waals surface area (Å²) in [5, 5.41) is 9.85. The molecule has 2 aromatic heterocycles. The van der Waals surface area contributed by atoms with Crippen LogP contribution >= 0.6 is 11.3 Å². The summed E-state index contributed by atoms with van der Waals surface area (Å²) in [5.74, 6) is 0. The Bertz CT molecular complexity index is 2810. The smallest absolute Gasteiger partial charge is 0.136 e. The Kier molecular flexibility index (Phi) is 5.78. The quantitative estimate of drug-likeness (QED) is 0.183. The van der Waals surface area contributed by atoms with Crippen LogP contribution in [0.2, 0.25) is 0 Å². The van der Waals surface area contributed by atoms with Gasteiger partial charge in [-0.1, -0.05) is 103 Å². The van der Waals surface area contributed by atoms with Gasteiger partial charge >= 0.3 is 0 Å². The fraction of sp³-hybridized carbons (Fsp3) is 0. The summed E-state index contributed by atoms with van der Waals surface area (Å²) >= 11 is 1.85. The van der Waals surface area contributed by atoms with Gasteiger partial charge in [0, 0.05) is 47.7 Å². The molecule has 2 nitrogen and oxygen atoms in total. The van der Waals surface area contributed by atoms with Crippen molar-refractivity contribution in [1.82, 2.24) is 0 Å². The average molecular weight is 618 g/mol. The number of hydrogen-bond acceptors (Lipinski definition) is 3. The molecule has 0 fully saturated rings. The van der Waals surface area contributed by atoms with Crippen molar-refractivity contribution in [2.24, 2.45) is 0 Å². The van der Waals surface area contributed by atoms with E-state index in [0.717, 1.165) is 50.1 Å². The third kappa shape index (κ3) is 4.17. The second-order valence-corrected chi connectivity index (χ2v) is 13.2. The second kappa shape index (κ2) is 10.3. The van der Waals surface area contributed by atoms with Crippen LogP contribution in [0, 0.1) is 0 Å². The van der Waals surface area contributed by atoms with Crippen molar-refractivity contribution >= 4 is 92.1 Å². The van der Waals surface area contributed by atoms with Gasteiger partial charge in [-0.05, 0) is 87.9 Å². The highest BCUT2D eigenvalue weighted by Gasteiger charge is 2.19. The molecule has 0 radical (unpaired) electrons. The van der Waals surface area contributed by atoms with Gasteiger partial charge in [0.05, 0.1) is 5.69 Å². The maximum atomic E-state index is 6.22. The third-order valence-electron chi connectivity index (χ3n) is 9.44. The van der Waals surface area contributed by atoms with Gasteiger partial charge in [0.15, 0.2) is 0 Å². The van der Waals surface area contributed by atoms with Crippen LogP contribution in [-0.2, 0) is 0 Å². The highest BCUT2D eigenvalue weighted by Crippen LogP contribution is 2.45. The monoisotopic (exact) mass is 617 g/mol. The molecule has 220 valence electrons. The maximum Gasteiger partial charge on any atom is 0.136 e. The Morgan fingerprint density at radius 1 is 0.383 bits per heavy atom. The van der Waals surface area contributed by atoms with E-state index in [9.17, 15) is 0 Å². The van der Waals surface area contributed by atoms with Gasteiger partial charge in [-0.2, -0.15) is 0 Å². The predicted molar refractivity (Wildman–Crippen MR) is 202 cm³/mol. The Balaban J connectivity index is 1.17. The SMILES string of the molecule is c1ccc2c(c1)cc(N(c1ccc(-c3ccc4c(c3)oc3ccccc34)cc1)c1ccc3sc4ccccc4c3c1)c1ccccc12. The van der Waals surface area contributed by atoms with E-state index in [4.69, 9.17) is 4.42 Å². The highest BCUT2D eigenvalue weighted by atomic mass is 32.1. The zero-order chi connectivity index (χ0) is 30.9. The molecule has 0 bridgehead atoms. The topological polar surface area (TPSA) is 16.4 Å². The normalized spacial score (nSPS) is 11.8. The van der Waals surface area contributed by atoms with E-state index in [0.29, 0.717) is 0 Å². The third-order valence-corrected chi connectivity index (χ3v) is 10.6. The molecule has 0 aliphatic heterocycles. The summed E-state index contributed by atoms with van der Waals surface area (Å²) in [6.07, 6.45) is 0. The molecule has 0 amide bonds. The molecular weight excluding hydrogens is 591 g/mol. The lowest BCUT2D eigenvalue weighted by Gasteiger charge is -2.28. The lowest BCUT2D eigenvalue weighted by atomic mass is 9.98. The van der Waals surface area contributed by atoms with Gasteiger partial charge < -0.3 is 9.32 Å². The van der Waals surface area contributed by atoms with Crippen molar-refractivity contribution < 1.29 is 4.42 Å². The number of para-hydroxylation sites is 1. The molecule has 0 N–H and O–H groups in total. The summed E-state index contributed by atoms with van der Waals surface area (Å²) in [4.78, 5) is 2.42. The molecule has 2 heterocycles. The van der Waals surface area contributed by atoms with E-state index in [1.54, 1.807) is 0 Å². The van der Waals surface area contributed by atoms with Crippen molar-refractivity contribution in [3.63, 3.8) is 0 Å². The minimum absolute atomic E-state index is 0.910. The van der Waals surface area contributed by atoms with Gasteiger partial charge in [-0.3, -0.25) is 0 Å². The van der Waals surface area contributed by atoms with Gasteiger partial charge in [0.25, 0.3) is 0 Å². The van der Waals surface area contributed by atoms with Crippen LogP contribution in [0.1, 0.15) is 0 Å². The molecule has 10 rings (SSSR count). The van der Waals surface area contributed by atoms with Gasteiger partial charge in [-0.25, -0.2) is 0 Å². The Morgan fingerprint density at radius 3 is 1.89 bits per heavy atom. The number of benzene rings is 8. The van der Waals surface area contributed by atoms with Crippen molar-refractivity contribution in [3.8, 4) is 11.1 Å². The first-order chi connectivity index (χ1) is 23.3. The minimum atomic E-state index is 0.910. The number of nitrogens with zero attached hydrogens (tertiary/aromatic N) is 1. The zero-order valence-electron chi connectivity index (χ0n) is 25.4. The fourth-order valence-electron chi connectivity index (χ4n) is 7.21. The van der Waals surface area contributed by atoms with Crippen LogP contribution in [-0.4, -0.2) is 0 Å². The summed E-state index contributed by atoms with van der Waals surface area (Å²) in [5.41, 5.74) is 7.53. The zero-order valence-corrected chi connectivity index (χ0v) is 26.2. The largest absolute Gasteiger partial charge is 0.456 e. The molecule has 3 heteroatoms. The van der Waals surface area contributed by atoms with Gasteiger partial charge in [-0.15, -0.1) is 11.3 Å². The van der Waals surface area contributed by atoms with E-state index >= 15 is 0 Å². The molecule has 10 aromatic rings. The van der Waals surface area contributed by atoms with Crippen LogP contribution in [0.4, 0.5) is 17.1 Å². The van der Waals surface area contributed by atoms with E-state index in [1.807, 2.05) is 23.5 Å². The van der Waals surface area contributed by atoms with Gasteiger partial charge in [0.2, 0.25) is 0 Å². The van der Waals surface area contributed by atoms with Crippen LogP contribution in [0.15, 0.2) is 168 Å². The number of rotatable bonds is 4. The van der Waals surface area contributed by atoms with Crippen LogP contribution in [0.25, 0.3) is 74.8 Å². The maximum absolute atomic E-state index is 6.22. The summed E-state index contributed by atoms with van der Waals surface area (Å²) in [6, 6.07) is 59.2. The minimum Gasteiger partial charge on any atom is -0.456 e. The lowest BCUT2D eigenvalue weighted by molar-refractivity contribution is 0.669. The highest BCUT2D eigenvalue weighted by molar-refractivity contribution is 7.25. The van der Waals surface area contributed by atoms with E-state index in [2.05, 4.69) is 157 Å². The van der Waals surface area contributed by atoms with Crippen LogP contribution in [0.3, 0.4) is 0 Å². The Morgan fingerprint density at radius 2 is 1.02 bits per heavy atom. The molecule has 0 aliphatic rings. The number of hydrogen-bond donors (Lipinski definition) is 0. The molecule has 0 saturated heterocycles. The summed E-state index contributed by atoms with van der Waals surface area (Å²) in [7, 11) is 0. The predicted octanol–water partition coefficient (Wildman–Crippen LogP) is 13.4. The molecule has 0 saturated carbocycles. The van der Waals surface area contributed by atoms with Crippen molar-refractivity contribution in [2.75, 3.05) is 4.90 Å². The first-order valence-corrected chi connectivity index (χ1v) is 16.7. The second-order valence-electron chi connectivity index (χ2n) is 12.1. The first-order valence-electron chi connectivity index (χ1n) is 15.9. The van der Waals surface area contributed by atoms with Crippen LogP contribution < -0.4 is 4.90 Å². The number of furan rings is 1. The molecule has 47 heavy (non-hydrogen) atoms. The van der Waals surface area contributed by atoms with Crippen molar-refractivity contribution in [2.45, 2.75) is 0 Å². The standard InChI is InChI=1S/C44H27NOS/c1-2-10-33-30(9-1)25-40(35-12-4-3-11-34(33)35)45(32-22-24-44-39(27-32)38-14-6-8-16-43(38)47-44)31-20-17-28(18-21-31)29-19-23-37-36-13-5-7-15-41(36)46-42(37)26-29/h1-27H. The van der Waals surface area contributed by atoms with E-state index in [-0.39, 0.29) is 0 Å². The Hall–Kier alpha value is -5.90. The molecule has 0 spiro atoms. The lowest BCUT2D eigenvalue weighted by Crippen LogP contribution is -2.10. The van der Waals surface area contributed by atoms with Crippen molar-refractivity contribution in [1.29, 1.82) is 0 Å². The number of thiophene rings is 1. The summed E-state index contributed by atoms with van der Waals surface area (Å²) < 4.78 is 8.83.